The Morgan fingerprint density at radius 2 is 2.41 bits per heavy atom. The Labute approximate surface area is 99.8 Å². The van der Waals surface area contributed by atoms with Crippen LogP contribution in [0.15, 0.2) is 23.1 Å². The Hall–Kier alpha value is -1.62. The molecule has 2 heterocycles. The van der Waals surface area contributed by atoms with Crippen LogP contribution >= 0.6 is 0 Å². The van der Waals surface area contributed by atoms with Crippen molar-refractivity contribution < 1.29 is 4.42 Å². The molecule has 1 aliphatic rings. The predicted octanol–water partition coefficient (Wildman–Crippen LogP) is 1.48. The van der Waals surface area contributed by atoms with Gasteiger partial charge in [0.1, 0.15) is 24.2 Å². The zero-order valence-electron chi connectivity index (χ0n) is 9.89. The van der Waals surface area contributed by atoms with Crippen LogP contribution in [-0.4, -0.2) is 20.8 Å². The highest BCUT2D eigenvalue weighted by Crippen LogP contribution is 2.21. The van der Waals surface area contributed by atoms with E-state index in [4.69, 9.17) is 4.42 Å². The molecule has 0 saturated heterocycles. The average Bonchev–Trinajstić information content (AvgIpc) is 2.89. The number of hydrogen-bond acceptors (Lipinski definition) is 4. The van der Waals surface area contributed by atoms with Crippen LogP contribution < -0.4 is 5.32 Å². The molecule has 1 fully saturated rings. The summed E-state index contributed by atoms with van der Waals surface area (Å²) in [5, 5.41) is 7.54. The van der Waals surface area contributed by atoms with Gasteiger partial charge in [-0.15, -0.1) is 0 Å². The molecular weight excluding hydrogens is 216 g/mol. The molecule has 0 unspecified atom stereocenters. The number of aryl methyl sites for hydroxylation is 1. The van der Waals surface area contributed by atoms with Crippen LogP contribution in [-0.2, 0) is 13.1 Å². The van der Waals surface area contributed by atoms with Crippen molar-refractivity contribution in [3.05, 3.63) is 35.8 Å². The molecule has 0 radical (unpaired) electrons. The van der Waals surface area contributed by atoms with Gasteiger partial charge in [0, 0.05) is 11.6 Å². The van der Waals surface area contributed by atoms with Gasteiger partial charge in [-0.1, -0.05) is 0 Å². The van der Waals surface area contributed by atoms with E-state index in [9.17, 15) is 0 Å². The second-order valence-corrected chi connectivity index (χ2v) is 4.54. The Balaban J connectivity index is 1.66. The molecule has 0 bridgehead atoms. The van der Waals surface area contributed by atoms with Gasteiger partial charge in [-0.3, -0.25) is 0 Å². The summed E-state index contributed by atoms with van der Waals surface area (Å²) >= 11 is 0. The van der Waals surface area contributed by atoms with Crippen LogP contribution in [0.5, 0.6) is 0 Å². The molecule has 90 valence electrons. The third-order valence-corrected chi connectivity index (χ3v) is 3.01. The highest BCUT2D eigenvalue weighted by molar-refractivity contribution is 5.21. The molecule has 5 nitrogen and oxygen atoms in total. The van der Waals surface area contributed by atoms with E-state index < -0.39 is 0 Å². The predicted molar refractivity (Wildman–Crippen MR) is 62.4 cm³/mol. The van der Waals surface area contributed by atoms with Crippen LogP contribution in [0.3, 0.4) is 0 Å². The zero-order valence-corrected chi connectivity index (χ0v) is 9.89. The monoisotopic (exact) mass is 232 g/mol. The van der Waals surface area contributed by atoms with Gasteiger partial charge in [0.2, 0.25) is 0 Å². The lowest BCUT2D eigenvalue weighted by Gasteiger charge is -1.97. The van der Waals surface area contributed by atoms with Gasteiger partial charge in [0.15, 0.2) is 0 Å². The van der Waals surface area contributed by atoms with E-state index in [1.54, 1.807) is 17.3 Å². The molecule has 2 aromatic heterocycles. The van der Waals surface area contributed by atoms with Crippen LogP contribution in [0.2, 0.25) is 0 Å². The highest BCUT2D eigenvalue weighted by Gasteiger charge is 2.20. The summed E-state index contributed by atoms with van der Waals surface area (Å²) in [6.45, 7) is 3.54. The van der Waals surface area contributed by atoms with Gasteiger partial charge in [-0.2, -0.15) is 5.10 Å². The fourth-order valence-corrected chi connectivity index (χ4v) is 1.85. The molecule has 17 heavy (non-hydrogen) atoms. The Morgan fingerprint density at radius 3 is 3.12 bits per heavy atom. The smallest absolute Gasteiger partial charge is 0.137 e. The van der Waals surface area contributed by atoms with Crippen molar-refractivity contribution in [2.45, 2.75) is 38.9 Å². The van der Waals surface area contributed by atoms with Gasteiger partial charge >= 0.3 is 0 Å². The molecule has 1 aliphatic carbocycles. The minimum absolute atomic E-state index is 0.708. The van der Waals surface area contributed by atoms with Gasteiger partial charge in [-0.25, -0.2) is 9.67 Å². The Kier molecular flexibility index (Phi) is 2.68. The van der Waals surface area contributed by atoms with Crippen molar-refractivity contribution >= 4 is 0 Å². The molecule has 1 N–H and O–H groups in total. The van der Waals surface area contributed by atoms with Crippen LogP contribution in [0, 0.1) is 6.92 Å². The molecule has 0 atom stereocenters. The van der Waals surface area contributed by atoms with Crippen molar-refractivity contribution in [3.63, 3.8) is 0 Å². The molecule has 0 aromatic carbocycles. The first-order valence-corrected chi connectivity index (χ1v) is 5.95. The molecule has 1 saturated carbocycles. The van der Waals surface area contributed by atoms with E-state index in [2.05, 4.69) is 21.5 Å². The molecule has 0 spiro atoms. The minimum atomic E-state index is 0.708. The van der Waals surface area contributed by atoms with E-state index in [0.29, 0.717) is 6.04 Å². The maximum absolute atomic E-state index is 5.72. The second kappa shape index (κ2) is 4.33. The third-order valence-electron chi connectivity index (χ3n) is 3.01. The van der Waals surface area contributed by atoms with Crippen molar-refractivity contribution in [1.29, 1.82) is 0 Å². The van der Waals surface area contributed by atoms with Gasteiger partial charge in [-0.05, 0) is 25.8 Å². The summed E-state index contributed by atoms with van der Waals surface area (Å²) in [6, 6.07) is 2.81. The van der Waals surface area contributed by atoms with E-state index >= 15 is 0 Å². The summed E-state index contributed by atoms with van der Waals surface area (Å²) in [4.78, 5) is 3.93. The van der Waals surface area contributed by atoms with E-state index in [-0.39, 0.29) is 0 Å². The molecule has 5 heteroatoms. The molecule has 3 rings (SSSR count). The van der Waals surface area contributed by atoms with E-state index in [1.807, 2.05) is 6.92 Å². The minimum Gasteiger partial charge on any atom is -0.465 e. The largest absolute Gasteiger partial charge is 0.465 e. The summed E-state index contributed by atoms with van der Waals surface area (Å²) in [5.41, 5.74) is 1.17. The highest BCUT2D eigenvalue weighted by atomic mass is 16.3. The number of nitrogens with one attached hydrogen (secondary N) is 1. The molecule has 0 amide bonds. The fourth-order valence-electron chi connectivity index (χ4n) is 1.85. The van der Waals surface area contributed by atoms with Crippen LogP contribution in [0.1, 0.15) is 29.9 Å². The molecule has 2 aromatic rings. The van der Waals surface area contributed by atoms with Crippen molar-refractivity contribution in [3.8, 4) is 0 Å². The first-order chi connectivity index (χ1) is 8.31. The SMILES string of the molecule is Cc1oc(CNC2CC2)cc1Cn1cncn1. The number of rotatable bonds is 5. The Bertz CT molecular complexity index is 485. The van der Waals surface area contributed by atoms with Gasteiger partial charge < -0.3 is 9.73 Å². The lowest BCUT2D eigenvalue weighted by atomic mass is 10.2. The number of nitrogens with zero attached hydrogens (tertiary/aromatic N) is 3. The third kappa shape index (κ3) is 2.55. The van der Waals surface area contributed by atoms with Gasteiger partial charge in [0.05, 0.1) is 13.1 Å². The van der Waals surface area contributed by atoms with E-state index in [1.165, 1.54) is 18.4 Å². The first-order valence-electron chi connectivity index (χ1n) is 5.95. The maximum Gasteiger partial charge on any atom is 0.137 e. The van der Waals surface area contributed by atoms with Gasteiger partial charge in [0.25, 0.3) is 0 Å². The lowest BCUT2D eigenvalue weighted by molar-refractivity contribution is 0.458. The summed E-state index contributed by atoms with van der Waals surface area (Å²) in [6.07, 6.45) is 5.86. The fraction of sp³-hybridized carbons (Fsp3) is 0.500. The van der Waals surface area contributed by atoms with E-state index in [0.717, 1.165) is 24.6 Å². The second-order valence-electron chi connectivity index (χ2n) is 4.54. The lowest BCUT2D eigenvalue weighted by Crippen LogP contribution is -2.14. The topological polar surface area (TPSA) is 55.9 Å². The summed E-state index contributed by atoms with van der Waals surface area (Å²) in [5.74, 6) is 1.97. The number of hydrogen-bond donors (Lipinski definition) is 1. The molecular formula is C12H16N4O. The number of aromatic nitrogens is 3. The average molecular weight is 232 g/mol. The first kappa shape index (κ1) is 10.5. The van der Waals surface area contributed by atoms with Crippen molar-refractivity contribution in [2.75, 3.05) is 0 Å². The van der Waals surface area contributed by atoms with Crippen molar-refractivity contribution in [2.24, 2.45) is 0 Å². The quantitative estimate of drug-likeness (QED) is 0.848. The maximum atomic E-state index is 5.72. The zero-order chi connectivity index (χ0) is 11.7. The molecule has 0 aliphatic heterocycles. The van der Waals surface area contributed by atoms with Crippen molar-refractivity contribution in [1.82, 2.24) is 20.1 Å². The summed E-state index contributed by atoms with van der Waals surface area (Å²) in [7, 11) is 0. The number of furan rings is 1. The standard InChI is InChI=1S/C12H16N4O/c1-9-10(6-16-8-13-7-15-16)4-12(17-9)5-14-11-2-3-11/h4,7-8,11,14H,2-3,5-6H2,1H3. The van der Waals surface area contributed by atoms with Crippen LogP contribution in [0.4, 0.5) is 0 Å². The Morgan fingerprint density at radius 1 is 1.53 bits per heavy atom. The summed E-state index contributed by atoms with van der Waals surface area (Å²) < 4.78 is 7.52. The normalized spacial score (nSPS) is 15.4. The van der Waals surface area contributed by atoms with Crippen LogP contribution in [0.25, 0.3) is 0 Å².